The Labute approximate surface area is 129 Å². The van der Waals surface area contributed by atoms with Gasteiger partial charge in [-0.1, -0.05) is 13.8 Å². The molecule has 0 aromatic rings. The van der Waals surface area contributed by atoms with Crippen LogP contribution in [0.5, 0.6) is 0 Å². The molecule has 0 aliphatic carbocycles. The minimum Gasteiger partial charge on any atom is -0.444 e. The number of nitrogens with one attached hydrogen (secondary N) is 1. The molecule has 1 heterocycles. The summed E-state index contributed by atoms with van der Waals surface area (Å²) in [5.41, 5.74) is -0.393. The molecule has 1 aliphatic rings. The smallest absolute Gasteiger partial charge is 0.410 e. The number of ether oxygens (including phenoxy) is 1. The molecule has 1 rings (SSSR count). The first-order chi connectivity index (χ1) is 9.48. The standard InChI is InChI=1S/C16H32N2O3/c1-12(19)9-16(5,6)11-17-13-7-8-18(10-13)14(20)21-15(2,3)4/h12-13,17,19H,7-11H2,1-6H3. The van der Waals surface area contributed by atoms with E-state index in [0.717, 1.165) is 25.9 Å². The Morgan fingerprint density at radius 1 is 1.38 bits per heavy atom. The predicted octanol–water partition coefficient (Wildman–Crippen LogP) is 2.38. The molecule has 0 bridgehead atoms. The monoisotopic (exact) mass is 300 g/mol. The minimum absolute atomic E-state index is 0.0491. The van der Waals surface area contributed by atoms with Crippen molar-refractivity contribution in [1.29, 1.82) is 0 Å². The zero-order valence-corrected chi connectivity index (χ0v) is 14.4. The van der Waals surface area contributed by atoms with Crippen LogP contribution in [0.15, 0.2) is 0 Å². The molecule has 1 aliphatic heterocycles. The second-order valence-electron chi connectivity index (χ2n) is 8.01. The van der Waals surface area contributed by atoms with Crippen molar-refractivity contribution >= 4 is 6.09 Å². The molecule has 0 radical (unpaired) electrons. The normalized spacial score (nSPS) is 21.5. The summed E-state index contributed by atoms with van der Waals surface area (Å²) in [6.07, 6.45) is 1.20. The van der Waals surface area contributed by atoms with Gasteiger partial charge in [0.05, 0.1) is 6.10 Å². The molecule has 21 heavy (non-hydrogen) atoms. The van der Waals surface area contributed by atoms with E-state index in [0.29, 0.717) is 12.6 Å². The lowest BCUT2D eigenvalue weighted by Gasteiger charge is -2.28. The molecule has 5 heteroatoms. The van der Waals surface area contributed by atoms with E-state index in [-0.39, 0.29) is 17.6 Å². The Bertz CT molecular complexity index is 348. The summed E-state index contributed by atoms with van der Waals surface area (Å²) in [6.45, 7) is 14.0. The third kappa shape index (κ3) is 7.14. The number of hydrogen-bond donors (Lipinski definition) is 2. The number of nitrogens with zero attached hydrogens (tertiary/aromatic N) is 1. The number of aliphatic hydroxyl groups is 1. The minimum atomic E-state index is -0.443. The van der Waals surface area contributed by atoms with Crippen molar-refractivity contribution in [2.75, 3.05) is 19.6 Å². The highest BCUT2D eigenvalue weighted by molar-refractivity contribution is 5.68. The summed E-state index contributed by atoms with van der Waals surface area (Å²) in [7, 11) is 0. The highest BCUT2D eigenvalue weighted by atomic mass is 16.6. The van der Waals surface area contributed by atoms with Gasteiger partial charge in [-0.05, 0) is 46.0 Å². The maximum absolute atomic E-state index is 12.0. The highest BCUT2D eigenvalue weighted by Gasteiger charge is 2.30. The number of aliphatic hydroxyl groups excluding tert-OH is 1. The maximum Gasteiger partial charge on any atom is 0.410 e. The first-order valence-corrected chi connectivity index (χ1v) is 7.88. The molecule has 1 saturated heterocycles. The molecular formula is C16H32N2O3. The Morgan fingerprint density at radius 2 is 2.00 bits per heavy atom. The second kappa shape index (κ2) is 6.97. The summed E-state index contributed by atoms with van der Waals surface area (Å²) in [6, 6.07) is 0.311. The molecule has 1 amide bonds. The highest BCUT2D eigenvalue weighted by Crippen LogP contribution is 2.22. The molecule has 0 spiro atoms. The van der Waals surface area contributed by atoms with Gasteiger partial charge >= 0.3 is 6.09 Å². The molecule has 0 aromatic heterocycles. The van der Waals surface area contributed by atoms with Crippen LogP contribution in [0, 0.1) is 5.41 Å². The van der Waals surface area contributed by atoms with Crippen molar-refractivity contribution in [3.8, 4) is 0 Å². The van der Waals surface area contributed by atoms with Crippen LogP contribution in [0.1, 0.15) is 54.4 Å². The van der Waals surface area contributed by atoms with Gasteiger partial charge in [0.25, 0.3) is 0 Å². The van der Waals surface area contributed by atoms with E-state index >= 15 is 0 Å². The molecule has 2 N–H and O–H groups in total. The van der Waals surface area contributed by atoms with Gasteiger partial charge in [-0.3, -0.25) is 0 Å². The summed E-state index contributed by atoms with van der Waals surface area (Å²) < 4.78 is 5.39. The Balaban J connectivity index is 2.36. The molecule has 5 nitrogen and oxygen atoms in total. The lowest BCUT2D eigenvalue weighted by molar-refractivity contribution is 0.0290. The lowest BCUT2D eigenvalue weighted by Crippen LogP contribution is -2.41. The zero-order valence-electron chi connectivity index (χ0n) is 14.4. The van der Waals surface area contributed by atoms with Gasteiger partial charge in [-0.15, -0.1) is 0 Å². The second-order valence-corrected chi connectivity index (χ2v) is 8.01. The molecule has 0 aromatic carbocycles. The van der Waals surface area contributed by atoms with Crippen LogP contribution in [0.25, 0.3) is 0 Å². The average Bonchev–Trinajstić information content (AvgIpc) is 2.70. The molecule has 2 atom stereocenters. The first-order valence-electron chi connectivity index (χ1n) is 7.88. The first kappa shape index (κ1) is 18.2. The third-order valence-corrected chi connectivity index (χ3v) is 3.56. The van der Waals surface area contributed by atoms with Crippen LogP contribution in [-0.2, 0) is 4.74 Å². The van der Waals surface area contributed by atoms with Crippen molar-refractivity contribution in [2.24, 2.45) is 5.41 Å². The van der Waals surface area contributed by atoms with Gasteiger partial charge in [0.2, 0.25) is 0 Å². The van der Waals surface area contributed by atoms with Gasteiger partial charge in [-0.25, -0.2) is 4.79 Å². The van der Waals surface area contributed by atoms with Gasteiger partial charge < -0.3 is 20.1 Å². The van der Waals surface area contributed by atoms with E-state index in [1.165, 1.54) is 0 Å². The van der Waals surface area contributed by atoms with Crippen molar-refractivity contribution in [3.63, 3.8) is 0 Å². The molecule has 2 unspecified atom stereocenters. The van der Waals surface area contributed by atoms with Crippen LogP contribution < -0.4 is 5.32 Å². The van der Waals surface area contributed by atoms with Crippen molar-refractivity contribution in [3.05, 3.63) is 0 Å². The number of likely N-dealkylation sites (tertiary alicyclic amines) is 1. The number of amides is 1. The summed E-state index contributed by atoms with van der Waals surface area (Å²) in [5, 5.41) is 13.0. The molecular weight excluding hydrogens is 268 g/mol. The van der Waals surface area contributed by atoms with Crippen molar-refractivity contribution in [2.45, 2.75) is 72.1 Å². The average molecular weight is 300 g/mol. The number of carbonyl (C=O) groups excluding carboxylic acids is 1. The van der Waals surface area contributed by atoms with Crippen LogP contribution in [0.4, 0.5) is 4.79 Å². The molecule has 124 valence electrons. The quantitative estimate of drug-likeness (QED) is 0.818. The van der Waals surface area contributed by atoms with Crippen molar-refractivity contribution in [1.82, 2.24) is 10.2 Å². The van der Waals surface area contributed by atoms with Gasteiger partial charge in [0.1, 0.15) is 5.60 Å². The predicted molar refractivity (Wildman–Crippen MR) is 84.3 cm³/mol. The van der Waals surface area contributed by atoms with Crippen molar-refractivity contribution < 1.29 is 14.6 Å². The third-order valence-electron chi connectivity index (χ3n) is 3.56. The summed E-state index contributed by atoms with van der Waals surface area (Å²) in [5.74, 6) is 0. The van der Waals surface area contributed by atoms with Crippen LogP contribution in [0.2, 0.25) is 0 Å². The van der Waals surface area contributed by atoms with Crippen LogP contribution in [-0.4, -0.2) is 53.5 Å². The summed E-state index contributed by atoms with van der Waals surface area (Å²) >= 11 is 0. The van der Waals surface area contributed by atoms with E-state index in [9.17, 15) is 9.90 Å². The Morgan fingerprint density at radius 3 is 2.52 bits per heavy atom. The fourth-order valence-corrected chi connectivity index (χ4v) is 2.71. The Hall–Kier alpha value is -0.810. The van der Waals surface area contributed by atoms with Crippen LogP contribution in [0.3, 0.4) is 0 Å². The van der Waals surface area contributed by atoms with E-state index in [1.807, 2.05) is 27.7 Å². The molecule has 0 saturated carbocycles. The SMILES string of the molecule is CC(O)CC(C)(C)CNC1CCN(C(=O)OC(C)(C)C)C1. The maximum atomic E-state index is 12.0. The number of hydrogen-bond acceptors (Lipinski definition) is 4. The zero-order chi connectivity index (χ0) is 16.3. The lowest BCUT2D eigenvalue weighted by atomic mass is 9.86. The largest absolute Gasteiger partial charge is 0.444 e. The fraction of sp³-hybridized carbons (Fsp3) is 0.938. The summed E-state index contributed by atoms with van der Waals surface area (Å²) in [4.78, 5) is 13.8. The van der Waals surface area contributed by atoms with Gasteiger partial charge in [0, 0.05) is 25.7 Å². The van der Waals surface area contributed by atoms with E-state index in [1.54, 1.807) is 4.90 Å². The molecule has 1 fully saturated rings. The van der Waals surface area contributed by atoms with Crippen LogP contribution >= 0.6 is 0 Å². The number of carbonyl (C=O) groups is 1. The van der Waals surface area contributed by atoms with Gasteiger partial charge in [-0.2, -0.15) is 0 Å². The van der Waals surface area contributed by atoms with Gasteiger partial charge in [0.15, 0.2) is 0 Å². The van der Waals surface area contributed by atoms with E-state index < -0.39 is 5.60 Å². The van der Waals surface area contributed by atoms with E-state index in [4.69, 9.17) is 4.74 Å². The fourth-order valence-electron chi connectivity index (χ4n) is 2.71. The Kier molecular flexibility index (Phi) is 6.05. The topological polar surface area (TPSA) is 61.8 Å². The van der Waals surface area contributed by atoms with E-state index in [2.05, 4.69) is 19.2 Å². The number of rotatable bonds is 5.